The summed E-state index contributed by atoms with van der Waals surface area (Å²) in [6.07, 6.45) is 2.90. The summed E-state index contributed by atoms with van der Waals surface area (Å²) >= 11 is 3.26. The van der Waals surface area contributed by atoms with Crippen LogP contribution in [0.25, 0.3) is 10.8 Å². The van der Waals surface area contributed by atoms with Crippen LogP contribution in [0.1, 0.15) is 52.0 Å². The Labute approximate surface area is 248 Å². The Balaban J connectivity index is 1.55. The lowest BCUT2D eigenvalue weighted by atomic mass is 9.90. The van der Waals surface area contributed by atoms with Gasteiger partial charge < -0.3 is 9.64 Å². The second-order valence-corrected chi connectivity index (χ2v) is 14.5. The number of carbonyl (C=O) groups excluding carboxylic acids is 1. The van der Waals surface area contributed by atoms with Crippen molar-refractivity contribution in [3.63, 3.8) is 0 Å². The lowest BCUT2D eigenvalue weighted by Crippen LogP contribution is -2.60. The quantitative estimate of drug-likeness (QED) is 0.265. The third kappa shape index (κ3) is 5.75. The van der Waals surface area contributed by atoms with Crippen molar-refractivity contribution >= 4 is 42.6 Å². The van der Waals surface area contributed by atoms with Gasteiger partial charge in [-0.1, -0.05) is 47.1 Å². The summed E-state index contributed by atoms with van der Waals surface area (Å²) < 4.78 is 67.7. The van der Waals surface area contributed by atoms with Crippen LogP contribution < -0.4 is 4.74 Å². The standard InChI is InChI=1S/C31H35BrF2N2O4S/c1-19(2)40-27-13-5-22-18-28(14-6-21(22)17-27)41(38,39)35(4)29(31(33,34)23-7-9-24(32)10-8-23)30(37)36-25-11-12-26(36)16-20(3)15-25/h5-10,13-14,17-20,25-26,29H,11-12,15-16H2,1-4H3. The number of halogens is 3. The number of hydrogen-bond acceptors (Lipinski definition) is 4. The number of benzene rings is 3. The number of alkyl halides is 2. The predicted molar refractivity (Wildman–Crippen MR) is 159 cm³/mol. The molecule has 0 radical (unpaired) electrons. The molecule has 5 rings (SSSR count). The average molecular weight is 650 g/mol. The molecule has 2 aliphatic rings. The van der Waals surface area contributed by atoms with E-state index in [4.69, 9.17) is 4.74 Å². The number of piperidine rings is 1. The SMILES string of the molecule is CC1CC2CCC(C1)N2C(=O)C(N(C)S(=O)(=O)c1ccc2cc(OC(C)C)ccc2c1)C(F)(F)c1ccc(Br)cc1. The molecule has 6 nitrogen and oxygen atoms in total. The van der Waals surface area contributed by atoms with Crippen molar-refractivity contribution < 1.29 is 26.7 Å². The van der Waals surface area contributed by atoms with Crippen molar-refractivity contribution in [3.8, 4) is 5.75 Å². The Kier molecular flexibility index (Phi) is 8.22. The van der Waals surface area contributed by atoms with Gasteiger partial charge in [0, 0.05) is 29.2 Å². The summed E-state index contributed by atoms with van der Waals surface area (Å²) in [6.45, 7) is 5.93. The molecule has 3 aromatic rings. The van der Waals surface area contributed by atoms with Crippen LogP contribution in [-0.2, 0) is 20.7 Å². The largest absolute Gasteiger partial charge is 0.491 e. The molecule has 2 bridgehead atoms. The fourth-order valence-electron chi connectivity index (χ4n) is 6.33. The van der Waals surface area contributed by atoms with Gasteiger partial charge in [0.1, 0.15) is 5.75 Å². The van der Waals surface area contributed by atoms with Gasteiger partial charge in [-0.25, -0.2) is 8.42 Å². The molecule has 2 aliphatic heterocycles. The highest BCUT2D eigenvalue weighted by Gasteiger charge is 2.56. The zero-order chi connectivity index (χ0) is 29.7. The van der Waals surface area contributed by atoms with Gasteiger partial charge in [0.2, 0.25) is 15.9 Å². The average Bonchev–Trinajstić information content (AvgIpc) is 3.18. The maximum Gasteiger partial charge on any atom is 0.298 e. The summed E-state index contributed by atoms with van der Waals surface area (Å²) in [5.74, 6) is -3.61. The first-order valence-corrected chi connectivity index (χ1v) is 16.2. The Bertz CT molecular complexity index is 1530. The zero-order valence-corrected chi connectivity index (χ0v) is 26.0. The van der Waals surface area contributed by atoms with E-state index in [1.54, 1.807) is 29.2 Å². The van der Waals surface area contributed by atoms with Crippen LogP contribution in [0.3, 0.4) is 0 Å². The molecular formula is C31H35BrF2N2O4S. The monoisotopic (exact) mass is 648 g/mol. The smallest absolute Gasteiger partial charge is 0.298 e. The highest BCUT2D eigenvalue weighted by Crippen LogP contribution is 2.43. The number of nitrogens with zero attached hydrogens (tertiary/aromatic N) is 2. The zero-order valence-electron chi connectivity index (χ0n) is 23.6. The van der Waals surface area contributed by atoms with E-state index in [2.05, 4.69) is 22.9 Å². The van der Waals surface area contributed by atoms with Gasteiger partial charge in [0.05, 0.1) is 11.0 Å². The van der Waals surface area contributed by atoms with Crippen molar-refractivity contribution in [1.82, 2.24) is 9.21 Å². The van der Waals surface area contributed by atoms with Crippen molar-refractivity contribution in [1.29, 1.82) is 0 Å². The molecular weight excluding hydrogens is 614 g/mol. The van der Waals surface area contributed by atoms with E-state index in [-0.39, 0.29) is 23.1 Å². The Morgan fingerprint density at radius 3 is 2.20 bits per heavy atom. The van der Waals surface area contributed by atoms with Crippen LogP contribution >= 0.6 is 15.9 Å². The molecule has 3 unspecified atom stereocenters. The minimum atomic E-state index is -4.50. The number of hydrogen-bond donors (Lipinski definition) is 0. The number of carbonyl (C=O) groups is 1. The third-order valence-electron chi connectivity index (χ3n) is 8.23. The minimum absolute atomic E-state index is 0.0269. The van der Waals surface area contributed by atoms with Gasteiger partial charge in [-0.3, -0.25) is 4.79 Å². The Morgan fingerprint density at radius 1 is 1.00 bits per heavy atom. The number of rotatable bonds is 8. The van der Waals surface area contributed by atoms with E-state index in [1.165, 1.54) is 36.4 Å². The van der Waals surface area contributed by atoms with Gasteiger partial charge in [0.15, 0.2) is 6.04 Å². The van der Waals surface area contributed by atoms with Crippen molar-refractivity contribution in [2.24, 2.45) is 5.92 Å². The molecule has 0 spiro atoms. The molecule has 220 valence electrons. The lowest BCUT2D eigenvalue weighted by molar-refractivity contribution is -0.155. The van der Waals surface area contributed by atoms with Gasteiger partial charge in [-0.15, -0.1) is 0 Å². The van der Waals surface area contributed by atoms with Crippen molar-refractivity contribution in [3.05, 3.63) is 70.7 Å². The van der Waals surface area contributed by atoms with Gasteiger partial charge in [-0.05, 0) is 92.6 Å². The van der Waals surface area contributed by atoms with Crippen LogP contribution in [0, 0.1) is 5.92 Å². The normalized spacial score (nSPS) is 22.0. The number of amides is 1. The first-order valence-electron chi connectivity index (χ1n) is 13.9. The van der Waals surface area contributed by atoms with Crippen molar-refractivity contribution in [2.75, 3.05) is 7.05 Å². The molecule has 10 heteroatoms. The second-order valence-electron chi connectivity index (χ2n) is 11.6. The molecule has 3 atom stereocenters. The number of fused-ring (bicyclic) bond motifs is 3. The minimum Gasteiger partial charge on any atom is -0.491 e. The van der Waals surface area contributed by atoms with Crippen LogP contribution in [0.2, 0.25) is 0 Å². The predicted octanol–water partition coefficient (Wildman–Crippen LogP) is 6.96. The van der Waals surface area contributed by atoms with Crippen molar-refractivity contribution in [2.45, 2.75) is 81.5 Å². The van der Waals surface area contributed by atoms with E-state index < -0.39 is 33.5 Å². The molecule has 0 saturated carbocycles. The number of ether oxygens (including phenoxy) is 1. The second kappa shape index (κ2) is 11.3. The molecule has 2 fully saturated rings. The third-order valence-corrected chi connectivity index (χ3v) is 10.6. The van der Waals surface area contributed by atoms with Gasteiger partial charge in [-0.2, -0.15) is 13.1 Å². The highest BCUT2D eigenvalue weighted by atomic mass is 79.9. The van der Waals surface area contributed by atoms with Gasteiger partial charge in [0.25, 0.3) is 5.92 Å². The summed E-state index contributed by atoms with van der Waals surface area (Å²) in [7, 11) is -3.42. The van der Waals surface area contributed by atoms with E-state index >= 15 is 8.78 Å². The topological polar surface area (TPSA) is 66.9 Å². The van der Waals surface area contributed by atoms with Crippen LogP contribution in [0.4, 0.5) is 8.78 Å². The molecule has 41 heavy (non-hydrogen) atoms. The summed E-state index contributed by atoms with van der Waals surface area (Å²) in [4.78, 5) is 15.5. The van der Waals surface area contributed by atoms with E-state index in [9.17, 15) is 13.2 Å². The van der Waals surface area contributed by atoms with E-state index in [0.29, 0.717) is 25.8 Å². The molecule has 0 aromatic heterocycles. The Hall–Kier alpha value is -2.56. The fraction of sp³-hybridized carbons (Fsp3) is 0.452. The first kappa shape index (κ1) is 29.9. The van der Waals surface area contributed by atoms with E-state index in [1.807, 2.05) is 13.8 Å². The molecule has 1 amide bonds. The lowest BCUT2D eigenvalue weighted by Gasteiger charge is -2.42. The molecule has 2 saturated heterocycles. The maximum atomic E-state index is 16.4. The molecule has 3 aromatic carbocycles. The van der Waals surface area contributed by atoms with Crippen LogP contribution in [-0.4, -0.2) is 54.8 Å². The molecule has 0 aliphatic carbocycles. The Morgan fingerprint density at radius 2 is 1.59 bits per heavy atom. The molecule has 0 N–H and O–H groups in total. The summed E-state index contributed by atoms with van der Waals surface area (Å²) in [5, 5.41) is 1.36. The van der Waals surface area contributed by atoms with Crippen LogP contribution in [0.5, 0.6) is 5.75 Å². The highest BCUT2D eigenvalue weighted by molar-refractivity contribution is 9.10. The molecule has 2 heterocycles. The number of sulfonamides is 1. The number of likely N-dealkylation sites (N-methyl/N-ethyl adjacent to an activating group) is 1. The fourth-order valence-corrected chi connectivity index (χ4v) is 7.94. The maximum absolute atomic E-state index is 16.4. The van der Waals surface area contributed by atoms with Gasteiger partial charge >= 0.3 is 0 Å². The van der Waals surface area contributed by atoms with Crippen LogP contribution in [0.15, 0.2) is 70.0 Å². The summed E-state index contributed by atoms with van der Waals surface area (Å²) in [6, 6.07) is 12.5. The van der Waals surface area contributed by atoms with E-state index in [0.717, 1.165) is 38.1 Å². The summed E-state index contributed by atoms with van der Waals surface area (Å²) in [5.41, 5.74) is -0.421. The first-order chi connectivity index (χ1) is 19.3.